The van der Waals surface area contributed by atoms with Crippen molar-refractivity contribution in [3.63, 3.8) is 0 Å². The Morgan fingerprint density at radius 2 is 2.15 bits per heavy atom. The Hall–Kier alpha value is -1.79. The molecular formula is C20H33N2O4+. The van der Waals surface area contributed by atoms with E-state index >= 15 is 0 Å². The van der Waals surface area contributed by atoms with E-state index in [1.165, 1.54) is 4.90 Å². The van der Waals surface area contributed by atoms with Crippen LogP contribution in [0, 0.1) is 11.8 Å². The predicted octanol–water partition coefficient (Wildman–Crippen LogP) is 0.985. The number of phenolic OH excluding ortho intramolecular Hbond substituents is 1. The third kappa shape index (κ3) is 5.88. The molecule has 0 spiro atoms. The number of amides is 1. The molecule has 0 bridgehead atoms. The molecular weight excluding hydrogens is 332 g/mol. The second-order valence-electron chi connectivity index (χ2n) is 7.14. The molecule has 1 amide bonds. The molecule has 1 aliphatic rings. The second kappa shape index (κ2) is 10.4. The van der Waals surface area contributed by atoms with Crippen molar-refractivity contribution in [1.29, 1.82) is 0 Å². The summed E-state index contributed by atoms with van der Waals surface area (Å²) >= 11 is 0. The van der Waals surface area contributed by atoms with Crippen molar-refractivity contribution in [2.24, 2.45) is 11.8 Å². The molecule has 0 aromatic heterocycles. The minimum atomic E-state index is 0.127. The van der Waals surface area contributed by atoms with Gasteiger partial charge in [0.15, 0.2) is 0 Å². The first-order valence-electron chi connectivity index (χ1n) is 9.52. The van der Waals surface area contributed by atoms with Gasteiger partial charge < -0.3 is 24.8 Å². The normalized spacial score (nSPS) is 22.8. The highest BCUT2D eigenvalue weighted by Crippen LogP contribution is 2.25. The topological polar surface area (TPSA) is 72.2 Å². The van der Waals surface area contributed by atoms with E-state index in [1.807, 2.05) is 12.1 Å². The summed E-state index contributed by atoms with van der Waals surface area (Å²) in [4.78, 5) is 13.6. The standard InChI is InChI=1S/C20H32N2O4/c1-4-15-13-22(14-17-5-6-18(26-3)12-19(17)23)9-7-16(15)11-20(24)21-8-10-25-2/h5-6,12,15-16,23H,4,7-11,13-14H2,1-3H3,(H,21,24)/p+1/t15-,16-/m0/s1. The van der Waals surface area contributed by atoms with Crippen molar-refractivity contribution in [3.05, 3.63) is 23.8 Å². The van der Waals surface area contributed by atoms with Crippen LogP contribution in [-0.2, 0) is 16.1 Å². The van der Waals surface area contributed by atoms with E-state index in [1.54, 1.807) is 20.3 Å². The molecule has 6 heteroatoms. The van der Waals surface area contributed by atoms with Gasteiger partial charge >= 0.3 is 0 Å². The van der Waals surface area contributed by atoms with E-state index in [-0.39, 0.29) is 5.91 Å². The van der Waals surface area contributed by atoms with Gasteiger partial charge in [-0.15, -0.1) is 0 Å². The van der Waals surface area contributed by atoms with Crippen LogP contribution in [0.4, 0.5) is 0 Å². The maximum absolute atomic E-state index is 12.1. The number of quaternary nitrogens is 1. The Kier molecular flexibility index (Phi) is 8.19. The highest BCUT2D eigenvalue weighted by Gasteiger charge is 2.32. The quantitative estimate of drug-likeness (QED) is 0.571. The summed E-state index contributed by atoms with van der Waals surface area (Å²) in [7, 11) is 3.24. The zero-order valence-electron chi connectivity index (χ0n) is 16.2. The fourth-order valence-electron chi connectivity index (χ4n) is 3.86. The molecule has 1 aromatic carbocycles. The number of phenols is 1. The number of aromatic hydroxyl groups is 1. The molecule has 0 saturated carbocycles. The number of methoxy groups -OCH3 is 2. The average Bonchev–Trinajstić information content (AvgIpc) is 2.64. The Labute approximate surface area is 156 Å². The van der Waals surface area contributed by atoms with E-state index < -0.39 is 0 Å². The third-order valence-electron chi connectivity index (χ3n) is 5.42. The van der Waals surface area contributed by atoms with Crippen LogP contribution in [-0.4, -0.2) is 51.5 Å². The Morgan fingerprint density at radius 3 is 2.81 bits per heavy atom. The molecule has 1 fully saturated rings. The Bertz CT molecular complexity index is 579. The summed E-state index contributed by atoms with van der Waals surface area (Å²) in [5.74, 6) is 2.07. The molecule has 0 radical (unpaired) electrons. The number of carbonyl (C=O) groups is 1. The maximum Gasteiger partial charge on any atom is 0.220 e. The summed E-state index contributed by atoms with van der Waals surface area (Å²) in [5, 5.41) is 13.1. The molecule has 146 valence electrons. The van der Waals surface area contributed by atoms with Gasteiger partial charge in [-0.25, -0.2) is 0 Å². The first-order chi connectivity index (χ1) is 12.6. The van der Waals surface area contributed by atoms with Crippen molar-refractivity contribution in [1.82, 2.24) is 5.32 Å². The summed E-state index contributed by atoms with van der Waals surface area (Å²) < 4.78 is 10.1. The monoisotopic (exact) mass is 365 g/mol. The number of rotatable bonds is 9. The minimum absolute atomic E-state index is 0.127. The SMILES string of the molecule is CC[C@H]1C[NH+](Cc2ccc(OC)cc2O)CC[C@H]1CC(=O)NCCOC. The Balaban J connectivity index is 1.87. The van der Waals surface area contributed by atoms with E-state index in [0.717, 1.165) is 38.0 Å². The lowest BCUT2D eigenvalue weighted by Crippen LogP contribution is -3.12. The van der Waals surface area contributed by atoms with Gasteiger partial charge in [0.1, 0.15) is 18.0 Å². The zero-order chi connectivity index (χ0) is 18.9. The predicted molar refractivity (Wildman–Crippen MR) is 100 cm³/mol. The first-order valence-corrected chi connectivity index (χ1v) is 9.52. The van der Waals surface area contributed by atoms with Gasteiger partial charge in [-0.2, -0.15) is 0 Å². The molecule has 6 nitrogen and oxygen atoms in total. The lowest BCUT2D eigenvalue weighted by atomic mass is 9.81. The lowest BCUT2D eigenvalue weighted by Gasteiger charge is -2.35. The lowest BCUT2D eigenvalue weighted by molar-refractivity contribution is -0.923. The first kappa shape index (κ1) is 20.5. The van der Waals surface area contributed by atoms with Gasteiger partial charge in [0.2, 0.25) is 5.91 Å². The molecule has 1 aromatic rings. The summed E-state index contributed by atoms with van der Waals surface area (Å²) in [6.45, 7) is 6.20. The van der Waals surface area contributed by atoms with Crippen LogP contribution in [0.3, 0.4) is 0 Å². The molecule has 2 rings (SSSR count). The van der Waals surface area contributed by atoms with Crippen LogP contribution in [0.25, 0.3) is 0 Å². The molecule has 1 heterocycles. The van der Waals surface area contributed by atoms with Gasteiger partial charge in [-0.3, -0.25) is 4.79 Å². The van der Waals surface area contributed by atoms with Gasteiger partial charge in [-0.1, -0.05) is 6.92 Å². The number of hydrogen-bond acceptors (Lipinski definition) is 4. The number of carbonyl (C=O) groups excluding carboxylic acids is 1. The van der Waals surface area contributed by atoms with E-state index in [0.29, 0.717) is 42.9 Å². The van der Waals surface area contributed by atoms with Crippen LogP contribution >= 0.6 is 0 Å². The van der Waals surface area contributed by atoms with Crippen LogP contribution in [0.15, 0.2) is 18.2 Å². The number of ether oxygens (including phenoxy) is 2. The molecule has 1 unspecified atom stereocenters. The fourth-order valence-corrected chi connectivity index (χ4v) is 3.86. The Morgan fingerprint density at radius 1 is 1.35 bits per heavy atom. The van der Waals surface area contributed by atoms with Crippen molar-refractivity contribution in [3.8, 4) is 11.5 Å². The summed E-state index contributed by atoms with van der Waals surface area (Å²) in [5.41, 5.74) is 0.950. The number of benzene rings is 1. The van der Waals surface area contributed by atoms with E-state index in [9.17, 15) is 9.90 Å². The summed E-state index contributed by atoms with van der Waals surface area (Å²) in [6.07, 6.45) is 2.72. The average molecular weight is 365 g/mol. The highest BCUT2D eigenvalue weighted by molar-refractivity contribution is 5.76. The minimum Gasteiger partial charge on any atom is -0.507 e. The van der Waals surface area contributed by atoms with Crippen molar-refractivity contribution >= 4 is 5.91 Å². The maximum atomic E-state index is 12.1. The number of hydrogen-bond donors (Lipinski definition) is 3. The van der Waals surface area contributed by atoms with Crippen LogP contribution < -0.4 is 15.0 Å². The van der Waals surface area contributed by atoms with E-state index in [2.05, 4.69) is 12.2 Å². The van der Waals surface area contributed by atoms with Crippen LogP contribution in [0.1, 0.15) is 31.7 Å². The van der Waals surface area contributed by atoms with Crippen LogP contribution in [0.2, 0.25) is 0 Å². The van der Waals surface area contributed by atoms with Crippen LogP contribution in [0.5, 0.6) is 11.5 Å². The molecule has 3 N–H and O–H groups in total. The number of nitrogens with one attached hydrogen (secondary N) is 2. The number of piperidine rings is 1. The number of likely N-dealkylation sites (tertiary alicyclic amines) is 1. The molecule has 3 atom stereocenters. The second-order valence-corrected chi connectivity index (χ2v) is 7.14. The van der Waals surface area contributed by atoms with Gasteiger partial charge in [0.05, 0.1) is 26.8 Å². The zero-order valence-corrected chi connectivity index (χ0v) is 16.2. The van der Waals surface area contributed by atoms with E-state index in [4.69, 9.17) is 9.47 Å². The van der Waals surface area contributed by atoms with Gasteiger partial charge in [0, 0.05) is 44.0 Å². The summed E-state index contributed by atoms with van der Waals surface area (Å²) in [6, 6.07) is 5.50. The van der Waals surface area contributed by atoms with Crippen molar-refractivity contribution in [2.45, 2.75) is 32.7 Å². The van der Waals surface area contributed by atoms with Crippen molar-refractivity contribution in [2.75, 3.05) is 40.5 Å². The molecule has 26 heavy (non-hydrogen) atoms. The fraction of sp³-hybridized carbons (Fsp3) is 0.650. The largest absolute Gasteiger partial charge is 0.507 e. The van der Waals surface area contributed by atoms with Crippen molar-refractivity contribution < 1.29 is 24.3 Å². The molecule has 1 saturated heterocycles. The van der Waals surface area contributed by atoms with Gasteiger partial charge in [-0.05, 0) is 24.5 Å². The highest BCUT2D eigenvalue weighted by atomic mass is 16.5. The molecule has 1 aliphatic heterocycles. The van der Waals surface area contributed by atoms with Gasteiger partial charge in [0.25, 0.3) is 0 Å². The smallest absolute Gasteiger partial charge is 0.220 e. The third-order valence-corrected chi connectivity index (χ3v) is 5.42. The molecule has 0 aliphatic carbocycles.